The van der Waals surface area contributed by atoms with Gasteiger partial charge in [0.15, 0.2) is 34.8 Å². The van der Waals surface area contributed by atoms with Crippen molar-refractivity contribution < 1.29 is 40.6 Å². The zero-order valence-corrected chi connectivity index (χ0v) is 26.7. The molecule has 5 rings (SSSR count). The normalized spacial score (nSPS) is 21.6. The first-order valence-corrected chi connectivity index (χ1v) is 16.5. The highest BCUT2D eigenvalue weighted by atomic mass is 19.2. The van der Waals surface area contributed by atoms with Gasteiger partial charge in [-0.1, -0.05) is 36.4 Å². The average Bonchev–Trinajstić information content (AvgIpc) is 3.08. The molecule has 0 atom stereocenters. The number of carbonyl (C=O) groups excluding carboxylic acids is 1. The van der Waals surface area contributed by atoms with Gasteiger partial charge in [-0.3, -0.25) is 4.79 Å². The molecule has 0 aromatic heterocycles. The van der Waals surface area contributed by atoms with E-state index in [4.69, 9.17) is 9.47 Å². The number of allylic oxidation sites excluding steroid dienone is 2. The quantitative estimate of drug-likeness (QED) is 0.0941. The number of esters is 1. The van der Waals surface area contributed by atoms with Crippen LogP contribution in [-0.2, 0) is 11.2 Å². The summed E-state index contributed by atoms with van der Waals surface area (Å²) in [6.45, 7) is 3.76. The van der Waals surface area contributed by atoms with E-state index in [0.717, 1.165) is 0 Å². The predicted octanol–water partition coefficient (Wildman–Crippen LogP) is 10.7. The van der Waals surface area contributed by atoms with Crippen LogP contribution in [0.4, 0.5) is 26.3 Å². The Labute approximate surface area is 272 Å². The van der Waals surface area contributed by atoms with Gasteiger partial charge in [-0.15, -0.1) is 0 Å². The lowest BCUT2D eigenvalue weighted by Crippen LogP contribution is -2.26. The summed E-state index contributed by atoms with van der Waals surface area (Å²) >= 11 is 0. The maximum atomic E-state index is 15.3. The van der Waals surface area contributed by atoms with Crippen LogP contribution in [0.5, 0.6) is 11.5 Å². The average molecular weight is 659 g/mol. The Kier molecular flexibility index (Phi) is 11.4. The molecule has 0 heterocycles. The molecular weight excluding hydrogens is 618 g/mol. The molecule has 3 aromatic rings. The molecule has 0 N–H and O–H groups in total. The number of benzene rings is 3. The zero-order chi connectivity index (χ0) is 33.7. The van der Waals surface area contributed by atoms with Crippen molar-refractivity contribution in [1.29, 1.82) is 0 Å². The smallest absolute Gasteiger partial charge is 0.314 e. The van der Waals surface area contributed by atoms with Gasteiger partial charge in [0.1, 0.15) is 0 Å². The standard InChI is InChI=1S/C38H40F6O3/c1-3-5-6-7-25-16-17-27(33(40)32(25)39)24-12-14-26(15-13-24)38(45)47-31-21-19-29(35(42)37(31)44)23-10-8-22(9-11-23)28-18-20-30(46-4-2)36(43)34(28)41/h3,5,16-24,26H,4,6-15H2,1-2H3/b5-3+. The number of carbonyl (C=O) groups is 1. The van der Waals surface area contributed by atoms with E-state index in [1.807, 2.05) is 19.1 Å². The van der Waals surface area contributed by atoms with Crippen molar-refractivity contribution in [3.05, 3.63) is 106 Å². The lowest BCUT2D eigenvalue weighted by molar-refractivity contribution is -0.140. The molecule has 0 bridgehead atoms. The van der Waals surface area contributed by atoms with E-state index in [9.17, 15) is 22.4 Å². The minimum Gasteiger partial charge on any atom is -0.491 e. The first-order valence-electron chi connectivity index (χ1n) is 16.5. The summed E-state index contributed by atoms with van der Waals surface area (Å²) in [5.41, 5.74) is 1.02. The molecule has 0 unspecified atom stereocenters. The molecule has 3 aromatic carbocycles. The summed E-state index contributed by atoms with van der Waals surface area (Å²) in [5, 5.41) is 0. The van der Waals surface area contributed by atoms with Crippen LogP contribution in [0.2, 0.25) is 0 Å². The van der Waals surface area contributed by atoms with Crippen molar-refractivity contribution in [3.63, 3.8) is 0 Å². The van der Waals surface area contributed by atoms with E-state index in [0.29, 0.717) is 75.3 Å². The van der Waals surface area contributed by atoms with E-state index in [-0.39, 0.29) is 41.2 Å². The second-order valence-electron chi connectivity index (χ2n) is 12.6. The van der Waals surface area contributed by atoms with Gasteiger partial charge >= 0.3 is 5.97 Å². The summed E-state index contributed by atoms with van der Waals surface area (Å²) in [4.78, 5) is 12.9. The molecule has 2 fully saturated rings. The lowest BCUT2D eigenvalue weighted by atomic mass is 9.76. The van der Waals surface area contributed by atoms with Crippen molar-refractivity contribution in [2.45, 2.75) is 95.8 Å². The minimum absolute atomic E-state index is 0.141. The molecule has 2 aliphatic rings. The number of aryl methyl sites for hydroxylation is 1. The van der Waals surface area contributed by atoms with Crippen molar-refractivity contribution in [3.8, 4) is 11.5 Å². The molecule has 9 heteroatoms. The highest BCUT2D eigenvalue weighted by molar-refractivity contribution is 5.75. The molecule has 47 heavy (non-hydrogen) atoms. The maximum Gasteiger partial charge on any atom is 0.314 e. The summed E-state index contributed by atoms with van der Waals surface area (Å²) in [6, 6.07) is 8.84. The number of rotatable bonds is 10. The van der Waals surface area contributed by atoms with Gasteiger partial charge in [-0.05, 0) is 130 Å². The van der Waals surface area contributed by atoms with Crippen molar-refractivity contribution in [1.82, 2.24) is 0 Å². The zero-order valence-electron chi connectivity index (χ0n) is 26.7. The monoisotopic (exact) mass is 658 g/mol. The van der Waals surface area contributed by atoms with E-state index >= 15 is 8.78 Å². The van der Waals surface area contributed by atoms with Crippen LogP contribution < -0.4 is 9.47 Å². The summed E-state index contributed by atoms with van der Waals surface area (Å²) in [5.74, 6) is -8.75. The molecule has 0 saturated heterocycles. The fourth-order valence-corrected chi connectivity index (χ4v) is 7.14. The molecule has 0 spiro atoms. The van der Waals surface area contributed by atoms with Gasteiger partial charge < -0.3 is 9.47 Å². The van der Waals surface area contributed by atoms with Gasteiger partial charge in [0.25, 0.3) is 0 Å². The third-order valence-electron chi connectivity index (χ3n) is 9.78. The molecule has 252 valence electrons. The lowest BCUT2D eigenvalue weighted by Gasteiger charge is -2.30. The van der Waals surface area contributed by atoms with Crippen LogP contribution in [0.3, 0.4) is 0 Å². The van der Waals surface area contributed by atoms with Crippen LogP contribution in [0.1, 0.15) is 112 Å². The largest absolute Gasteiger partial charge is 0.491 e. The molecule has 0 aliphatic heterocycles. The van der Waals surface area contributed by atoms with E-state index in [1.165, 1.54) is 24.3 Å². The maximum absolute atomic E-state index is 15.3. The van der Waals surface area contributed by atoms with Gasteiger partial charge in [-0.25, -0.2) is 17.6 Å². The summed E-state index contributed by atoms with van der Waals surface area (Å²) in [6.07, 6.45) is 8.15. The molecule has 2 aliphatic carbocycles. The first-order chi connectivity index (χ1) is 22.6. The number of hydrogen-bond acceptors (Lipinski definition) is 3. The molecule has 3 nitrogen and oxygen atoms in total. The third-order valence-corrected chi connectivity index (χ3v) is 9.78. The van der Waals surface area contributed by atoms with Crippen LogP contribution in [0.25, 0.3) is 0 Å². The highest BCUT2D eigenvalue weighted by Crippen LogP contribution is 2.44. The first kappa shape index (κ1) is 34.6. The predicted molar refractivity (Wildman–Crippen MR) is 168 cm³/mol. The van der Waals surface area contributed by atoms with Crippen LogP contribution in [0, 0.1) is 40.8 Å². The van der Waals surface area contributed by atoms with Gasteiger partial charge in [0, 0.05) is 0 Å². The van der Waals surface area contributed by atoms with Crippen LogP contribution >= 0.6 is 0 Å². The Morgan fingerprint density at radius 3 is 1.66 bits per heavy atom. The SMILES string of the molecule is C/C=C/CCc1ccc(C2CCC(C(=O)Oc3ccc(C4CCC(c5ccc(OCC)c(F)c5F)CC4)c(F)c3F)CC2)c(F)c1F. The van der Waals surface area contributed by atoms with Gasteiger partial charge in [0.05, 0.1) is 12.5 Å². The van der Waals surface area contributed by atoms with E-state index in [2.05, 4.69) is 0 Å². The molecule has 0 radical (unpaired) electrons. The van der Waals surface area contributed by atoms with Crippen molar-refractivity contribution in [2.75, 3.05) is 6.61 Å². The number of ether oxygens (including phenoxy) is 2. The minimum atomic E-state index is -1.25. The topological polar surface area (TPSA) is 35.5 Å². The fourth-order valence-electron chi connectivity index (χ4n) is 7.14. The molecule has 0 amide bonds. The van der Waals surface area contributed by atoms with Gasteiger partial charge in [-0.2, -0.15) is 8.78 Å². The second-order valence-corrected chi connectivity index (χ2v) is 12.6. The van der Waals surface area contributed by atoms with Gasteiger partial charge in [0.2, 0.25) is 11.6 Å². The van der Waals surface area contributed by atoms with E-state index < -0.39 is 52.5 Å². The Morgan fingerprint density at radius 1 is 0.660 bits per heavy atom. The van der Waals surface area contributed by atoms with Crippen LogP contribution in [0.15, 0.2) is 48.6 Å². The van der Waals surface area contributed by atoms with Crippen molar-refractivity contribution in [2.24, 2.45) is 5.92 Å². The Bertz CT molecular complexity index is 1600. The second kappa shape index (κ2) is 15.4. The Hall–Kier alpha value is -3.75. The summed E-state index contributed by atoms with van der Waals surface area (Å²) < 4.78 is 99.6. The Morgan fingerprint density at radius 2 is 1.13 bits per heavy atom. The highest BCUT2D eigenvalue weighted by Gasteiger charge is 2.33. The Balaban J connectivity index is 1.16. The number of halogens is 6. The number of hydrogen-bond donors (Lipinski definition) is 0. The molecular formula is C38H40F6O3. The van der Waals surface area contributed by atoms with E-state index in [1.54, 1.807) is 19.1 Å². The summed E-state index contributed by atoms with van der Waals surface area (Å²) in [7, 11) is 0. The van der Waals surface area contributed by atoms with Crippen LogP contribution in [-0.4, -0.2) is 12.6 Å². The third kappa shape index (κ3) is 7.54. The van der Waals surface area contributed by atoms with Crippen molar-refractivity contribution >= 4 is 5.97 Å². The fraction of sp³-hybridized carbons (Fsp3) is 0.447. The molecule has 2 saturated carbocycles.